The summed E-state index contributed by atoms with van der Waals surface area (Å²) in [6.45, 7) is 0.601. The summed E-state index contributed by atoms with van der Waals surface area (Å²) in [5, 5.41) is 1.36. The van der Waals surface area contributed by atoms with Gasteiger partial charge in [-0.05, 0) is 36.4 Å². The van der Waals surface area contributed by atoms with Crippen LogP contribution in [0.1, 0.15) is 11.4 Å². The summed E-state index contributed by atoms with van der Waals surface area (Å²) in [4.78, 5) is 6.06. The predicted octanol–water partition coefficient (Wildman–Crippen LogP) is 6.68. The van der Waals surface area contributed by atoms with Crippen LogP contribution >= 0.6 is 35.0 Å². The molecule has 5 heteroatoms. The van der Waals surface area contributed by atoms with Gasteiger partial charge in [0.15, 0.2) is 0 Å². The zero-order valence-corrected chi connectivity index (χ0v) is 16.2. The standard InChI is InChI=1S/C21H16Cl2N2S/c22-17-9-6-10-18(23)16(17)13-25-20-12-5-4-11-19(20)24-21(25)14-26-15-7-2-1-3-8-15/h1-12H,13-14H2. The van der Waals surface area contributed by atoms with Gasteiger partial charge in [0.2, 0.25) is 0 Å². The minimum Gasteiger partial charge on any atom is -0.323 e. The first-order valence-corrected chi connectivity index (χ1v) is 10.0. The van der Waals surface area contributed by atoms with Gasteiger partial charge in [-0.25, -0.2) is 4.98 Å². The fourth-order valence-electron chi connectivity index (χ4n) is 2.92. The largest absolute Gasteiger partial charge is 0.323 e. The number of para-hydroxylation sites is 2. The number of rotatable bonds is 5. The van der Waals surface area contributed by atoms with Crippen LogP contribution in [0, 0.1) is 0 Å². The number of hydrogen-bond acceptors (Lipinski definition) is 2. The molecule has 0 atom stereocenters. The van der Waals surface area contributed by atoms with Crippen LogP contribution in [0.3, 0.4) is 0 Å². The summed E-state index contributed by atoms with van der Waals surface area (Å²) in [5.74, 6) is 1.79. The Kier molecular flexibility index (Phi) is 5.21. The van der Waals surface area contributed by atoms with Gasteiger partial charge in [0.25, 0.3) is 0 Å². The summed E-state index contributed by atoms with van der Waals surface area (Å²) >= 11 is 14.6. The number of imidazole rings is 1. The highest BCUT2D eigenvalue weighted by atomic mass is 35.5. The average molecular weight is 399 g/mol. The lowest BCUT2D eigenvalue weighted by Gasteiger charge is -2.12. The summed E-state index contributed by atoms with van der Waals surface area (Å²) < 4.78 is 2.21. The van der Waals surface area contributed by atoms with Crippen molar-refractivity contribution < 1.29 is 0 Å². The van der Waals surface area contributed by atoms with Crippen molar-refractivity contribution >= 4 is 46.0 Å². The molecule has 0 fully saturated rings. The molecule has 26 heavy (non-hydrogen) atoms. The molecule has 130 valence electrons. The Morgan fingerprint density at radius 1 is 0.808 bits per heavy atom. The molecule has 0 aliphatic rings. The van der Waals surface area contributed by atoms with Crippen molar-refractivity contribution in [1.82, 2.24) is 9.55 Å². The third-order valence-electron chi connectivity index (χ3n) is 4.22. The van der Waals surface area contributed by atoms with E-state index in [2.05, 4.69) is 34.9 Å². The van der Waals surface area contributed by atoms with E-state index in [0.717, 1.165) is 28.2 Å². The molecule has 0 saturated carbocycles. The van der Waals surface area contributed by atoms with E-state index in [4.69, 9.17) is 28.2 Å². The maximum absolute atomic E-state index is 6.40. The zero-order chi connectivity index (χ0) is 17.9. The number of nitrogens with zero attached hydrogens (tertiary/aromatic N) is 2. The Balaban J connectivity index is 1.72. The summed E-state index contributed by atoms with van der Waals surface area (Å²) in [6.07, 6.45) is 0. The number of benzene rings is 3. The lowest BCUT2D eigenvalue weighted by Crippen LogP contribution is -2.05. The monoisotopic (exact) mass is 398 g/mol. The van der Waals surface area contributed by atoms with E-state index in [9.17, 15) is 0 Å². The third kappa shape index (κ3) is 3.61. The molecule has 0 N–H and O–H groups in total. The lowest BCUT2D eigenvalue weighted by atomic mass is 10.2. The van der Waals surface area contributed by atoms with Crippen molar-refractivity contribution in [2.45, 2.75) is 17.2 Å². The van der Waals surface area contributed by atoms with Gasteiger partial charge in [-0.3, -0.25) is 0 Å². The van der Waals surface area contributed by atoms with Crippen molar-refractivity contribution in [3.63, 3.8) is 0 Å². The van der Waals surface area contributed by atoms with Gasteiger partial charge < -0.3 is 4.57 Å². The highest BCUT2D eigenvalue weighted by molar-refractivity contribution is 7.98. The molecule has 0 amide bonds. The Labute approximate surface area is 166 Å². The summed E-state index contributed by atoms with van der Waals surface area (Å²) in [5.41, 5.74) is 3.00. The van der Waals surface area contributed by atoms with Crippen LogP contribution in [-0.4, -0.2) is 9.55 Å². The topological polar surface area (TPSA) is 17.8 Å². The van der Waals surface area contributed by atoms with Crippen molar-refractivity contribution in [2.24, 2.45) is 0 Å². The van der Waals surface area contributed by atoms with Gasteiger partial charge in [-0.1, -0.05) is 59.6 Å². The fourth-order valence-corrected chi connectivity index (χ4v) is 4.30. The van der Waals surface area contributed by atoms with E-state index in [1.807, 2.05) is 42.5 Å². The van der Waals surface area contributed by atoms with E-state index in [-0.39, 0.29) is 0 Å². The maximum atomic E-state index is 6.40. The van der Waals surface area contributed by atoms with Gasteiger partial charge >= 0.3 is 0 Å². The van der Waals surface area contributed by atoms with E-state index in [1.54, 1.807) is 11.8 Å². The van der Waals surface area contributed by atoms with Crippen LogP contribution in [0.25, 0.3) is 11.0 Å². The molecule has 2 nitrogen and oxygen atoms in total. The maximum Gasteiger partial charge on any atom is 0.120 e. The van der Waals surface area contributed by atoms with Gasteiger partial charge in [-0.15, -0.1) is 11.8 Å². The molecule has 1 aromatic heterocycles. The molecule has 0 aliphatic heterocycles. The van der Waals surface area contributed by atoms with E-state index >= 15 is 0 Å². The number of aromatic nitrogens is 2. The number of fused-ring (bicyclic) bond motifs is 1. The van der Waals surface area contributed by atoms with Gasteiger partial charge in [-0.2, -0.15) is 0 Å². The van der Waals surface area contributed by atoms with E-state index in [0.29, 0.717) is 16.6 Å². The lowest BCUT2D eigenvalue weighted by molar-refractivity contribution is 0.780. The van der Waals surface area contributed by atoms with E-state index in [1.165, 1.54) is 4.90 Å². The molecule has 1 heterocycles. The van der Waals surface area contributed by atoms with Crippen LogP contribution in [0.2, 0.25) is 10.0 Å². The normalized spacial score (nSPS) is 11.2. The minimum atomic E-state index is 0.601. The van der Waals surface area contributed by atoms with Crippen molar-refractivity contribution in [3.05, 3.63) is 94.2 Å². The quantitative estimate of drug-likeness (QED) is 0.348. The van der Waals surface area contributed by atoms with Crippen molar-refractivity contribution in [2.75, 3.05) is 0 Å². The molecule has 0 spiro atoms. The molecule has 4 aromatic rings. The van der Waals surface area contributed by atoms with Crippen molar-refractivity contribution in [1.29, 1.82) is 0 Å². The molecule has 0 aliphatic carbocycles. The second-order valence-electron chi connectivity index (χ2n) is 5.90. The molecule has 4 rings (SSSR count). The first-order valence-electron chi connectivity index (χ1n) is 8.27. The summed E-state index contributed by atoms with van der Waals surface area (Å²) in [6, 6.07) is 24.1. The van der Waals surface area contributed by atoms with Crippen LogP contribution < -0.4 is 0 Å². The smallest absolute Gasteiger partial charge is 0.120 e. The third-order valence-corrected chi connectivity index (χ3v) is 5.94. The van der Waals surface area contributed by atoms with Crippen LogP contribution in [0.4, 0.5) is 0 Å². The fraction of sp³-hybridized carbons (Fsp3) is 0.0952. The molecule has 0 bridgehead atoms. The molecular weight excluding hydrogens is 383 g/mol. The highest BCUT2D eigenvalue weighted by Gasteiger charge is 2.14. The molecule has 0 unspecified atom stereocenters. The van der Waals surface area contributed by atoms with Gasteiger partial charge in [0.1, 0.15) is 5.82 Å². The molecular formula is C21H16Cl2N2S. The van der Waals surface area contributed by atoms with E-state index < -0.39 is 0 Å². The minimum absolute atomic E-state index is 0.601. The Hall–Kier alpha value is -1.94. The van der Waals surface area contributed by atoms with Crippen LogP contribution in [0.15, 0.2) is 77.7 Å². The molecule has 0 saturated heterocycles. The summed E-state index contributed by atoms with van der Waals surface area (Å²) in [7, 11) is 0. The van der Waals surface area contributed by atoms with Crippen LogP contribution in [0.5, 0.6) is 0 Å². The first kappa shape index (κ1) is 17.5. The second-order valence-corrected chi connectivity index (χ2v) is 7.77. The second kappa shape index (κ2) is 7.75. The number of hydrogen-bond donors (Lipinski definition) is 0. The SMILES string of the molecule is Clc1cccc(Cl)c1Cn1c(CSc2ccccc2)nc2ccccc21. The van der Waals surface area contributed by atoms with Crippen LogP contribution in [-0.2, 0) is 12.3 Å². The Morgan fingerprint density at radius 2 is 1.50 bits per heavy atom. The Bertz CT molecular complexity index is 1020. The zero-order valence-electron chi connectivity index (χ0n) is 13.9. The molecule has 0 radical (unpaired) electrons. The Morgan fingerprint density at radius 3 is 2.27 bits per heavy atom. The van der Waals surface area contributed by atoms with Gasteiger partial charge in [0.05, 0.1) is 23.3 Å². The average Bonchev–Trinajstić information content (AvgIpc) is 3.01. The number of halogens is 2. The number of thioether (sulfide) groups is 1. The first-order chi connectivity index (χ1) is 12.7. The predicted molar refractivity (Wildman–Crippen MR) is 111 cm³/mol. The van der Waals surface area contributed by atoms with Crippen molar-refractivity contribution in [3.8, 4) is 0 Å². The molecule has 3 aromatic carbocycles. The highest BCUT2D eigenvalue weighted by Crippen LogP contribution is 2.29. The van der Waals surface area contributed by atoms with Gasteiger partial charge in [0, 0.05) is 20.5 Å².